The molecule has 3 aromatic carbocycles. The zero-order valence-electron chi connectivity index (χ0n) is 16.7. The molecule has 0 N–H and O–H groups in total. The summed E-state index contributed by atoms with van der Waals surface area (Å²) in [6, 6.07) is 18.1. The zero-order chi connectivity index (χ0) is 22.2. The number of rotatable bonds is 4. The van der Waals surface area contributed by atoms with Crippen molar-refractivity contribution in [2.75, 3.05) is 19.1 Å². The number of aromatic nitrogens is 2. The van der Waals surface area contributed by atoms with E-state index in [1.54, 1.807) is 7.05 Å². The molecule has 0 atom stereocenters. The average molecular weight is 425 g/mol. The Morgan fingerprint density at radius 1 is 1.00 bits per heavy atom. The SMILES string of the molecule is COc1cn(-c2cccc(C(F)(F)F)c2)nc1C(=O)N(C)c1ccc2ccccc2c1. The molecular weight excluding hydrogens is 407 g/mol. The molecule has 8 heteroatoms. The number of nitrogens with zero attached hydrogens (tertiary/aromatic N) is 3. The molecule has 0 aliphatic carbocycles. The van der Waals surface area contributed by atoms with E-state index in [2.05, 4.69) is 5.10 Å². The van der Waals surface area contributed by atoms with Crippen LogP contribution < -0.4 is 9.64 Å². The van der Waals surface area contributed by atoms with Crippen molar-refractivity contribution in [3.05, 3.63) is 84.2 Å². The summed E-state index contributed by atoms with van der Waals surface area (Å²) in [5.41, 5.74) is 0.0103. The van der Waals surface area contributed by atoms with Crippen LogP contribution in [0.2, 0.25) is 0 Å². The third-order valence-corrected chi connectivity index (χ3v) is 4.97. The van der Waals surface area contributed by atoms with Gasteiger partial charge in [0.25, 0.3) is 5.91 Å². The normalized spacial score (nSPS) is 11.5. The maximum absolute atomic E-state index is 13.1. The van der Waals surface area contributed by atoms with Crippen LogP contribution in [-0.2, 0) is 6.18 Å². The van der Waals surface area contributed by atoms with Crippen molar-refractivity contribution in [1.29, 1.82) is 0 Å². The van der Waals surface area contributed by atoms with Gasteiger partial charge in [0.15, 0.2) is 11.4 Å². The number of ether oxygens (including phenoxy) is 1. The minimum atomic E-state index is -4.48. The molecular formula is C23H18F3N3O2. The smallest absolute Gasteiger partial charge is 0.416 e. The highest BCUT2D eigenvalue weighted by Crippen LogP contribution is 2.31. The molecule has 0 bridgehead atoms. The number of alkyl halides is 3. The Hall–Kier alpha value is -3.81. The molecule has 1 aromatic heterocycles. The highest BCUT2D eigenvalue weighted by molar-refractivity contribution is 6.07. The number of benzene rings is 3. The lowest BCUT2D eigenvalue weighted by atomic mass is 10.1. The molecule has 1 heterocycles. The summed E-state index contributed by atoms with van der Waals surface area (Å²) in [5, 5.41) is 6.23. The van der Waals surface area contributed by atoms with E-state index < -0.39 is 17.6 Å². The second-order valence-electron chi connectivity index (χ2n) is 6.93. The van der Waals surface area contributed by atoms with Crippen molar-refractivity contribution in [2.45, 2.75) is 6.18 Å². The van der Waals surface area contributed by atoms with E-state index in [0.717, 1.165) is 22.9 Å². The van der Waals surface area contributed by atoms with Crippen molar-refractivity contribution >= 4 is 22.4 Å². The van der Waals surface area contributed by atoms with Crippen molar-refractivity contribution in [3.8, 4) is 11.4 Å². The van der Waals surface area contributed by atoms with Gasteiger partial charge in [0, 0.05) is 12.7 Å². The Balaban J connectivity index is 1.69. The summed E-state index contributed by atoms with van der Waals surface area (Å²) < 4.78 is 45.6. The van der Waals surface area contributed by atoms with Gasteiger partial charge in [-0.25, -0.2) is 4.68 Å². The third kappa shape index (κ3) is 3.96. The highest BCUT2D eigenvalue weighted by Gasteiger charge is 2.31. The summed E-state index contributed by atoms with van der Waals surface area (Å²) in [5.74, 6) is -0.284. The molecule has 158 valence electrons. The maximum Gasteiger partial charge on any atom is 0.416 e. The van der Waals surface area contributed by atoms with Crippen LogP contribution in [0, 0.1) is 0 Å². The van der Waals surface area contributed by atoms with Crippen molar-refractivity contribution in [1.82, 2.24) is 9.78 Å². The summed E-state index contributed by atoms with van der Waals surface area (Å²) in [6.07, 6.45) is -3.10. The van der Waals surface area contributed by atoms with Gasteiger partial charge in [-0.3, -0.25) is 4.79 Å². The van der Waals surface area contributed by atoms with Gasteiger partial charge in [0.05, 0.1) is 24.6 Å². The fraction of sp³-hybridized carbons (Fsp3) is 0.130. The Bertz CT molecular complexity index is 1260. The Labute approximate surface area is 176 Å². The van der Waals surface area contributed by atoms with Crippen molar-refractivity contribution < 1.29 is 22.7 Å². The quantitative estimate of drug-likeness (QED) is 0.444. The lowest BCUT2D eigenvalue weighted by Crippen LogP contribution is -2.27. The number of methoxy groups -OCH3 is 1. The van der Waals surface area contributed by atoms with Crippen LogP contribution in [0.3, 0.4) is 0 Å². The lowest BCUT2D eigenvalue weighted by Gasteiger charge is -2.17. The summed E-state index contributed by atoms with van der Waals surface area (Å²) >= 11 is 0. The molecule has 0 spiro atoms. The van der Waals surface area contributed by atoms with Gasteiger partial charge in [0.1, 0.15) is 0 Å². The molecule has 0 fully saturated rings. The van der Waals surface area contributed by atoms with E-state index in [4.69, 9.17) is 4.74 Å². The molecule has 0 radical (unpaired) electrons. The Morgan fingerprint density at radius 3 is 2.45 bits per heavy atom. The van der Waals surface area contributed by atoms with Gasteiger partial charge in [0.2, 0.25) is 0 Å². The number of carbonyl (C=O) groups excluding carboxylic acids is 1. The highest BCUT2D eigenvalue weighted by atomic mass is 19.4. The van der Waals surface area contributed by atoms with E-state index in [9.17, 15) is 18.0 Å². The summed E-state index contributed by atoms with van der Waals surface area (Å²) in [7, 11) is 2.98. The van der Waals surface area contributed by atoms with Crippen molar-refractivity contribution in [2.24, 2.45) is 0 Å². The molecule has 0 saturated heterocycles. The van der Waals surface area contributed by atoms with Crippen LogP contribution in [0.25, 0.3) is 16.5 Å². The van der Waals surface area contributed by atoms with E-state index in [-0.39, 0.29) is 17.1 Å². The first-order chi connectivity index (χ1) is 14.8. The largest absolute Gasteiger partial charge is 0.493 e. The molecule has 0 saturated carbocycles. The van der Waals surface area contributed by atoms with E-state index >= 15 is 0 Å². The standard InChI is InChI=1S/C23H18F3N3O2/c1-28(18-11-10-15-6-3-4-7-16(15)12-18)22(30)21-20(31-2)14-29(27-21)19-9-5-8-17(13-19)23(24,25)26/h3-14H,1-2H3. The molecule has 0 aliphatic heterocycles. The topological polar surface area (TPSA) is 47.4 Å². The van der Waals surface area contributed by atoms with Gasteiger partial charge >= 0.3 is 6.18 Å². The lowest BCUT2D eigenvalue weighted by molar-refractivity contribution is -0.137. The van der Waals surface area contributed by atoms with Gasteiger partial charge in [-0.15, -0.1) is 0 Å². The van der Waals surface area contributed by atoms with Crippen LogP contribution in [0.1, 0.15) is 16.1 Å². The second kappa shape index (κ2) is 7.79. The van der Waals surface area contributed by atoms with E-state index in [1.807, 2.05) is 42.5 Å². The van der Waals surface area contributed by atoms with Crippen LogP contribution >= 0.6 is 0 Å². The third-order valence-electron chi connectivity index (χ3n) is 4.97. The van der Waals surface area contributed by atoms with Gasteiger partial charge < -0.3 is 9.64 Å². The van der Waals surface area contributed by atoms with E-state index in [0.29, 0.717) is 5.69 Å². The predicted molar refractivity (Wildman–Crippen MR) is 112 cm³/mol. The van der Waals surface area contributed by atoms with Gasteiger partial charge in [-0.05, 0) is 41.1 Å². The maximum atomic E-state index is 13.1. The number of carbonyl (C=O) groups is 1. The van der Waals surface area contributed by atoms with Gasteiger partial charge in [-0.2, -0.15) is 18.3 Å². The molecule has 31 heavy (non-hydrogen) atoms. The number of hydrogen-bond donors (Lipinski definition) is 0. The monoisotopic (exact) mass is 425 g/mol. The minimum Gasteiger partial charge on any atom is -0.493 e. The Kier molecular flexibility index (Phi) is 5.14. The average Bonchev–Trinajstić information content (AvgIpc) is 3.22. The van der Waals surface area contributed by atoms with Crippen molar-refractivity contribution in [3.63, 3.8) is 0 Å². The fourth-order valence-corrected chi connectivity index (χ4v) is 3.27. The Morgan fingerprint density at radius 2 is 1.74 bits per heavy atom. The number of fused-ring (bicyclic) bond motifs is 1. The van der Waals surface area contributed by atoms with Crippen LogP contribution in [-0.4, -0.2) is 29.8 Å². The second-order valence-corrected chi connectivity index (χ2v) is 6.93. The molecule has 4 rings (SSSR count). The zero-order valence-corrected chi connectivity index (χ0v) is 16.7. The van der Waals surface area contributed by atoms with Crippen LogP contribution in [0.4, 0.5) is 18.9 Å². The first-order valence-corrected chi connectivity index (χ1v) is 9.36. The predicted octanol–water partition coefficient (Wildman–Crippen LogP) is 5.33. The number of anilines is 1. The fourth-order valence-electron chi connectivity index (χ4n) is 3.27. The first-order valence-electron chi connectivity index (χ1n) is 9.36. The molecule has 1 amide bonds. The summed E-state index contributed by atoms with van der Waals surface area (Å²) in [6.45, 7) is 0. The molecule has 5 nitrogen and oxygen atoms in total. The number of hydrogen-bond acceptors (Lipinski definition) is 3. The van der Waals surface area contributed by atoms with Gasteiger partial charge in [-0.1, -0.05) is 36.4 Å². The van der Waals surface area contributed by atoms with Crippen LogP contribution in [0.15, 0.2) is 72.9 Å². The van der Waals surface area contributed by atoms with E-state index in [1.165, 1.54) is 35.0 Å². The summed E-state index contributed by atoms with van der Waals surface area (Å²) in [4.78, 5) is 14.5. The first kappa shape index (κ1) is 20.5. The molecule has 0 unspecified atom stereocenters. The molecule has 4 aromatic rings. The van der Waals surface area contributed by atoms with Crippen LogP contribution in [0.5, 0.6) is 5.75 Å². The minimum absolute atomic E-state index is 0.00410. The molecule has 0 aliphatic rings. The number of halogens is 3. The number of amides is 1.